The summed E-state index contributed by atoms with van der Waals surface area (Å²) in [7, 11) is 1.65. The van der Waals surface area contributed by atoms with Gasteiger partial charge in [-0.1, -0.05) is 6.08 Å². The van der Waals surface area contributed by atoms with Gasteiger partial charge in [-0.05, 0) is 32.1 Å². The van der Waals surface area contributed by atoms with Gasteiger partial charge >= 0.3 is 0 Å². The SMILES string of the molecule is C=CCNC(=O)C1CCC(C(=O)NCCCOC)CC1. The van der Waals surface area contributed by atoms with E-state index in [9.17, 15) is 9.59 Å². The summed E-state index contributed by atoms with van der Waals surface area (Å²) in [5.74, 6) is 0.309. The van der Waals surface area contributed by atoms with Crippen LogP contribution in [0.4, 0.5) is 0 Å². The van der Waals surface area contributed by atoms with Crippen LogP contribution in [0.5, 0.6) is 0 Å². The molecule has 1 saturated carbocycles. The van der Waals surface area contributed by atoms with Gasteiger partial charge in [0.1, 0.15) is 0 Å². The van der Waals surface area contributed by atoms with Crippen LogP contribution in [0.15, 0.2) is 12.7 Å². The van der Waals surface area contributed by atoms with E-state index in [1.54, 1.807) is 13.2 Å². The van der Waals surface area contributed by atoms with Crippen LogP contribution >= 0.6 is 0 Å². The fourth-order valence-electron chi connectivity index (χ4n) is 2.51. The highest BCUT2D eigenvalue weighted by atomic mass is 16.5. The smallest absolute Gasteiger partial charge is 0.223 e. The summed E-state index contributed by atoms with van der Waals surface area (Å²) in [6, 6.07) is 0. The zero-order valence-corrected chi connectivity index (χ0v) is 12.3. The molecule has 0 aromatic heterocycles. The van der Waals surface area contributed by atoms with Crippen molar-refractivity contribution < 1.29 is 14.3 Å². The van der Waals surface area contributed by atoms with Crippen molar-refractivity contribution in [3.63, 3.8) is 0 Å². The summed E-state index contributed by atoms with van der Waals surface area (Å²) in [4.78, 5) is 23.7. The van der Waals surface area contributed by atoms with Gasteiger partial charge < -0.3 is 15.4 Å². The highest BCUT2D eigenvalue weighted by molar-refractivity contribution is 5.81. The predicted molar refractivity (Wildman–Crippen MR) is 78.2 cm³/mol. The van der Waals surface area contributed by atoms with Crippen LogP contribution in [0.2, 0.25) is 0 Å². The molecule has 5 nitrogen and oxygen atoms in total. The molecule has 1 fully saturated rings. The van der Waals surface area contributed by atoms with Crippen LogP contribution in [0.1, 0.15) is 32.1 Å². The molecule has 0 unspecified atom stereocenters. The highest BCUT2D eigenvalue weighted by Gasteiger charge is 2.29. The average Bonchev–Trinajstić information content (AvgIpc) is 2.49. The average molecular weight is 282 g/mol. The Kier molecular flexibility index (Phi) is 7.95. The van der Waals surface area contributed by atoms with E-state index in [1.807, 2.05) is 0 Å². The minimum Gasteiger partial charge on any atom is -0.385 e. The maximum atomic E-state index is 11.9. The van der Waals surface area contributed by atoms with Crippen molar-refractivity contribution in [2.75, 3.05) is 26.8 Å². The van der Waals surface area contributed by atoms with E-state index in [0.717, 1.165) is 32.1 Å². The summed E-state index contributed by atoms with van der Waals surface area (Å²) in [6.45, 7) is 5.41. The molecule has 0 aromatic rings. The molecule has 20 heavy (non-hydrogen) atoms. The Balaban J connectivity index is 2.22. The van der Waals surface area contributed by atoms with E-state index >= 15 is 0 Å². The topological polar surface area (TPSA) is 67.4 Å². The minimum absolute atomic E-state index is 0.0486. The Bertz CT molecular complexity index is 323. The summed E-state index contributed by atoms with van der Waals surface area (Å²) in [5, 5.41) is 5.76. The van der Waals surface area contributed by atoms with Gasteiger partial charge in [0.25, 0.3) is 0 Å². The van der Waals surface area contributed by atoms with E-state index in [1.165, 1.54) is 0 Å². The van der Waals surface area contributed by atoms with E-state index in [0.29, 0.717) is 19.7 Å². The third-order valence-corrected chi connectivity index (χ3v) is 3.71. The first-order chi connectivity index (χ1) is 9.69. The zero-order valence-electron chi connectivity index (χ0n) is 12.3. The third-order valence-electron chi connectivity index (χ3n) is 3.71. The Hall–Kier alpha value is -1.36. The van der Waals surface area contributed by atoms with Gasteiger partial charge in [0, 0.05) is 38.6 Å². The summed E-state index contributed by atoms with van der Waals surface area (Å²) < 4.78 is 4.94. The van der Waals surface area contributed by atoms with Gasteiger partial charge in [-0.2, -0.15) is 0 Å². The van der Waals surface area contributed by atoms with Crippen molar-refractivity contribution in [3.05, 3.63) is 12.7 Å². The van der Waals surface area contributed by atoms with Gasteiger partial charge in [-0.25, -0.2) is 0 Å². The summed E-state index contributed by atoms with van der Waals surface area (Å²) >= 11 is 0. The normalized spacial score (nSPS) is 22.1. The van der Waals surface area contributed by atoms with Crippen LogP contribution in [0.25, 0.3) is 0 Å². The number of carbonyl (C=O) groups excluding carboxylic acids is 2. The van der Waals surface area contributed by atoms with Crippen LogP contribution in [-0.4, -0.2) is 38.6 Å². The maximum Gasteiger partial charge on any atom is 0.223 e. The second-order valence-corrected chi connectivity index (χ2v) is 5.22. The van der Waals surface area contributed by atoms with E-state index < -0.39 is 0 Å². The molecule has 114 valence electrons. The lowest BCUT2D eigenvalue weighted by Crippen LogP contribution is -2.37. The quantitative estimate of drug-likeness (QED) is 0.520. The molecule has 0 atom stereocenters. The van der Waals surface area contributed by atoms with Crippen molar-refractivity contribution in [3.8, 4) is 0 Å². The van der Waals surface area contributed by atoms with Gasteiger partial charge in [0.15, 0.2) is 0 Å². The molecule has 0 spiro atoms. The Labute approximate surface area is 121 Å². The molecule has 2 amide bonds. The van der Waals surface area contributed by atoms with Gasteiger partial charge in [-0.15, -0.1) is 6.58 Å². The van der Waals surface area contributed by atoms with Gasteiger partial charge in [0.2, 0.25) is 11.8 Å². The van der Waals surface area contributed by atoms with Crippen LogP contribution in [0.3, 0.4) is 0 Å². The van der Waals surface area contributed by atoms with Crippen LogP contribution < -0.4 is 10.6 Å². The molecule has 0 aromatic carbocycles. The molecule has 0 radical (unpaired) electrons. The number of amides is 2. The Morgan fingerprint density at radius 1 is 1.15 bits per heavy atom. The lowest BCUT2D eigenvalue weighted by molar-refractivity contribution is -0.130. The van der Waals surface area contributed by atoms with Crippen molar-refractivity contribution in [1.29, 1.82) is 0 Å². The van der Waals surface area contributed by atoms with Crippen LogP contribution in [0, 0.1) is 11.8 Å². The third kappa shape index (κ3) is 5.74. The lowest BCUT2D eigenvalue weighted by atomic mass is 9.81. The molecular formula is C15H26N2O3. The number of hydrogen-bond acceptors (Lipinski definition) is 3. The standard InChI is InChI=1S/C15H26N2O3/c1-3-9-16-14(18)12-5-7-13(8-6-12)15(19)17-10-4-11-20-2/h3,12-13H,1,4-11H2,2H3,(H,16,18)(H,17,19). The molecule has 0 heterocycles. The Morgan fingerprint density at radius 3 is 2.20 bits per heavy atom. The molecule has 0 aliphatic heterocycles. The highest BCUT2D eigenvalue weighted by Crippen LogP contribution is 2.29. The monoisotopic (exact) mass is 282 g/mol. The van der Waals surface area contributed by atoms with E-state index in [2.05, 4.69) is 17.2 Å². The van der Waals surface area contributed by atoms with Gasteiger partial charge in [-0.3, -0.25) is 9.59 Å². The number of hydrogen-bond donors (Lipinski definition) is 2. The first-order valence-corrected chi connectivity index (χ1v) is 7.34. The predicted octanol–water partition coefficient (Wildman–Crippen LogP) is 1.25. The van der Waals surface area contributed by atoms with E-state index in [-0.39, 0.29) is 23.7 Å². The molecule has 0 saturated heterocycles. The zero-order chi connectivity index (χ0) is 14.8. The lowest BCUT2D eigenvalue weighted by Gasteiger charge is -2.26. The van der Waals surface area contributed by atoms with Crippen molar-refractivity contribution >= 4 is 11.8 Å². The molecule has 2 N–H and O–H groups in total. The second-order valence-electron chi connectivity index (χ2n) is 5.22. The number of carbonyl (C=O) groups is 2. The number of methoxy groups -OCH3 is 1. The first kappa shape index (κ1) is 16.7. The first-order valence-electron chi connectivity index (χ1n) is 7.34. The number of ether oxygens (including phenoxy) is 1. The molecule has 5 heteroatoms. The second kappa shape index (κ2) is 9.53. The van der Waals surface area contributed by atoms with E-state index in [4.69, 9.17) is 4.74 Å². The Morgan fingerprint density at radius 2 is 1.70 bits per heavy atom. The van der Waals surface area contributed by atoms with Crippen molar-refractivity contribution in [2.45, 2.75) is 32.1 Å². The number of nitrogens with one attached hydrogen (secondary N) is 2. The molecule has 1 rings (SSSR count). The minimum atomic E-state index is 0.0486. The molecule has 0 bridgehead atoms. The van der Waals surface area contributed by atoms with Crippen LogP contribution in [-0.2, 0) is 14.3 Å². The maximum absolute atomic E-state index is 11.9. The van der Waals surface area contributed by atoms with Crippen molar-refractivity contribution in [1.82, 2.24) is 10.6 Å². The number of rotatable bonds is 8. The molecule has 1 aliphatic carbocycles. The van der Waals surface area contributed by atoms with Crippen molar-refractivity contribution in [2.24, 2.45) is 11.8 Å². The summed E-state index contributed by atoms with van der Waals surface area (Å²) in [5.41, 5.74) is 0. The summed E-state index contributed by atoms with van der Waals surface area (Å²) in [6.07, 6.45) is 5.68. The van der Waals surface area contributed by atoms with Gasteiger partial charge in [0.05, 0.1) is 0 Å². The largest absolute Gasteiger partial charge is 0.385 e. The fraction of sp³-hybridized carbons (Fsp3) is 0.733. The molecular weight excluding hydrogens is 256 g/mol. The fourth-order valence-corrected chi connectivity index (χ4v) is 2.51. The molecule has 1 aliphatic rings.